The fourth-order valence-corrected chi connectivity index (χ4v) is 2.01. The molecule has 5 nitrogen and oxygen atoms in total. The number of pyridine rings is 1. The molecule has 0 aliphatic rings. The lowest BCUT2D eigenvalue weighted by Crippen LogP contribution is -1.86. The maximum atomic E-state index is 4.83. The average molecular weight is 582 g/mol. The van der Waals surface area contributed by atoms with Crippen LogP contribution in [-0.4, -0.2) is 14.5 Å². The molecule has 0 atom stereocenters. The number of hydrogen-bond acceptors (Lipinski definition) is 4. The molecule has 0 aliphatic carbocycles. The van der Waals surface area contributed by atoms with Crippen molar-refractivity contribution >= 4 is 0 Å². The van der Waals surface area contributed by atoms with Crippen LogP contribution in [-0.2, 0) is 7.05 Å². The Labute approximate surface area is 260 Å². The van der Waals surface area contributed by atoms with Gasteiger partial charge in [-0.1, -0.05) is 111 Å². The van der Waals surface area contributed by atoms with E-state index in [2.05, 4.69) is 29.0 Å². The van der Waals surface area contributed by atoms with Gasteiger partial charge in [-0.2, -0.15) is 0 Å². The van der Waals surface area contributed by atoms with Gasteiger partial charge < -0.3 is 13.4 Å². The Kier molecular flexibility index (Phi) is 50.4. The Bertz CT molecular complexity index is 934. The molecular formula is C37H63N3O2. The molecule has 0 saturated heterocycles. The van der Waals surface area contributed by atoms with Crippen LogP contribution < -0.4 is 0 Å². The van der Waals surface area contributed by atoms with Gasteiger partial charge in [0.05, 0.1) is 12.5 Å². The van der Waals surface area contributed by atoms with Crippen molar-refractivity contribution < 1.29 is 8.83 Å². The van der Waals surface area contributed by atoms with E-state index < -0.39 is 0 Å². The predicted molar refractivity (Wildman–Crippen MR) is 187 cm³/mol. The standard InChI is InChI=1S/C7H8.C5H8N2.C5H5N.2C5H6O.5C2H6/c1-7-5-3-2-4-6-7;1-5-6-3-4-7(5)2;1-2-4-6-5-3-1;2*1-5-3-2-4-6-5;5*1-2/h2-6H,1H3;3-4H,1-2H3;1-5H;2*2-4H,1H3;5*1-2H3. The zero-order valence-electron chi connectivity index (χ0n) is 29.6. The number of nitrogens with zero attached hydrogens (tertiary/aromatic N) is 3. The second-order valence-corrected chi connectivity index (χ2v) is 6.71. The smallest absolute Gasteiger partial charge is 0.105 e. The number of hydrogen-bond donors (Lipinski definition) is 0. The lowest BCUT2D eigenvalue weighted by atomic mass is 10.2. The van der Waals surface area contributed by atoms with E-state index in [1.54, 1.807) is 31.1 Å². The molecule has 0 fully saturated rings. The molecule has 0 unspecified atom stereocenters. The largest absolute Gasteiger partial charge is 0.470 e. The van der Waals surface area contributed by atoms with Crippen molar-refractivity contribution in [3.63, 3.8) is 0 Å². The monoisotopic (exact) mass is 581 g/mol. The molecule has 0 N–H and O–H groups in total. The highest BCUT2D eigenvalue weighted by Gasteiger charge is 1.83. The van der Waals surface area contributed by atoms with Crippen LogP contribution in [0.1, 0.15) is 92.1 Å². The van der Waals surface area contributed by atoms with E-state index in [0.29, 0.717) is 0 Å². The predicted octanol–water partition coefficient (Wildman–Crippen LogP) is 12.1. The van der Waals surface area contributed by atoms with Crippen molar-refractivity contribution in [2.24, 2.45) is 7.05 Å². The van der Waals surface area contributed by atoms with Crippen molar-refractivity contribution in [1.82, 2.24) is 14.5 Å². The van der Waals surface area contributed by atoms with Gasteiger partial charge in [0.15, 0.2) is 0 Å². The van der Waals surface area contributed by atoms with Crippen LogP contribution in [0.2, 0.25) is 0 Å². The van der Waals surface area contributed by atoms with Gasteiger partial charge in [0.25, 0.3) is 0 Å². The fourth-order valence-electron chi connectivity index (χ4n) is 2.01. The molecule has 4 heterocycles. The lowest BCUT2D eigenvalue weighted by Gasteiger charge is -1.87. The van der Waals surface area contributed by atoms with E-state index in [-0.39, 0.29) is 0 Å². The minimum atomic E-state index is 0.968. The van der Waals surface area contributed by atoms with E-state index in [0.717, 1.165) is 17.3 Å². The molecule has 0 saturated carbocycles. The second kappa shape index (κ2) is 44.2. The van der Waals surface area contributed by atoms with Gasteiger partial charge in [-0.25, -0.2) is 4.98 Å². The van der Waals surface area contributed by atoms with E-state index in [1.165, 1.54) is 5.56 Å². The van der Waals surface area contributed by atoms with Crippen molar-refractivity contribution in [1.29, 1.82) is 0 Å². The summed E-state index contributed by atoms with van der Waals surface area (Å²) < 4.78 is 11.6. The highest BCUT2D eigenvalue weighted by Crippen LogP contribution is 1.94. The zero-order chi connectivity index (χ0) is 33.4. The third-order valence-electron chi connectivity index (χ3n) is 3.90. The molecular weight excluding hydrogens is 518 g/mol. The molecule has 5 aromatic rings. The summed E-state index contributed by atoms with van der Waals surface area (Å²) in [6.07, 6.45) is 10.5. The maximum absolute atomic E-state index is 4.83. The van der Waals surface area contributed by atoms with Gasteiger partial charge in [-0.05, 0) is 64.1 Å². The Morgan fingerprint density at radius 3 is 1.02 bits per heavy atom. The highest BCUT2D eigenvalue weighted by atomic mass is 16.3. The van der Waals surface area contributed by atoms with E-state index in [4.69, 9.17) is 8.83 Å². The van der Waals surface area contributed by atoms with Crippen molar-refractivity contribution in [3.05, 3.63) is 133 Å². The molecule has 42 heavy (non-hydrogen) atoms. The van der Waals surface area contributed by atoms with E-state index in [1.807, 2.05) is 168 Å². The summed E-state index contributed by atoms with van der Waals surface area (Å²) in [7, 11) is 1.97. The summed E-state index contributed by atoms with van der Waals surface area (Å²) in [5, 5.41) is 0. The first-order valence-corrected chi connectivity index (χ1v) is 15.3. The van der Waals surface area contributed by atoms with Crippen LogP contribution in [0.4, 0.5) is 0 Å². The summed E-state index contributed by atoms with van der Waals surface area (Å²) in [4.78, 5) is 7.76. The van der Waals surface area contributed by atoms with Crippen LogP contribution in [0.15, 0.2) is 119 Å². The first-order chi connectivity index (χ1) is 20.5. The van der Waals surface area contributed by atoms with E-state index >= 15 is 0 Å². The number of aryl methyl sites for hydroxylation is 5. The number of aromatic nitrogens is 3. The van der Waals surface area contributed by atoms with Gasteiger partial charge in [0.1, 0.15) is 17.3 Å². The SMILES string of the molecule is CC.CC.CC.CC.CC.Cc1ccccc1.Cc1ccco1.Cc1ccco1.Cc1nccn1C.c1ccncc1. The van der Waals surface area contributed by atoms with Gasteiger partial charge in [0.2, 0.25) is 0 Å². The summed E-state index contributed by atoms with van der Waals surface area (Å²) in [5.74, 6) is 2.99. The van der Waals surface area contributed by atoms with E-state index in [9.17, 15) is 0 Å². The number of furan rings is 2. The minimum Gasteiger partial charge on any atom is -0.470 e. The maximum Gasteiger partial charge on any atom is 0.105 e. The van der Waals surface area contributed by atoms with Gasteiger partial charge >= 0.3 is 0 Å². The molecule has 5 heteroatoms. The third-order valence-corrected chi connectivity index (χ3v) is 3.90. The summed E-state index contributed by atoms with van der Waals surface area (Å²) >= 11 is 0. The molecule has 0 amide bonds. The molecule has 0 bridgehead atoms. The number of imidazole rings is 1. The highest BCUT2D eigenvalue weighted by molar-refractivity contribution is 5.11. The normalized spacial score (nSPS) is 7.40. The lowest BCUT2D eigenvalue weighted by molar-refractivity contribution is 0.534. The molecule has 238 valence electrons. The Balaban J connectivity index is -0.000000126. The Morgan fingerprint density at radius 1 is 0.500 bits per heavy atom. The summed E-state index contributed by atoms with van der Waals surface area (Å²) in [6, 6.07) is 23.6. The minimum absolute atomic E-state index is 0.968. The third kappa shape index (κ3) is 38.3. The number of rotatable bonds is 0. The Hall–Kier alpha value is -3.86. The average Bonchev–Trinajstić information content (AvgIpc) is 3.85. The van der Waals surface area contributed by atoms with Gasteiger partial charge in [-0.15, -0.1) is 0 Å². The van der Waals surface area contributed by atoms with Crippen LogP contribution in [0, 0.1) is 27.7 Å². The molecule has 0 spiro atoms. The first-order valence-electron chi connectivity index (χ1n) is 15.3. The molecule has 0 radical (unpaired) electrons. The fraction of sp³-hybridized carbons (Fsp3) is 0.405. The summed E-state index contributed by atoms with van der Waals surface area (Å²) in [5.41, 5.74) is 1.32. The van der Waals surface area contributed by atoms with Gasteiger partial charge in [-0.3, -0.25) is 4.98 Å². The number of benzene rings is 1. The molecule has 1 aromatic carbocycles. The quantitative estimate of drug-likeness (QED) is 0.182. The zero-order valence-corrected chi connectivity index (χ0v) is 29.6. The van der Waals surface area contributed by atoms with Crippen molar-refractivity contribution in [2.45, 2.75) is 96.9 Å². The van der Waals surface area contributed by atoms with Crippen LogP contribution in [0.5, 0.6) is 0 Å². The second-order valence-electron chi connectivity index (χ2n) is 6.71. The summed E-state index contributed by atoms with van der Waals surface area (Å²) in [6.45, 7) is 27.9. The Morgan fingerprint density at radius 2 is 0.905 bits per heavy atom. The van der Waals surface area contributed by atoms with Crippen LogP contribution >= 0.6 is 0 Å². The van der Waals surface area contributed by atoms with Crippen molar-refractivity contribution in [2.75, 3.05) is 0 Å². The van der Waals surface area contributed by atoms with Crippen LogP contribution in [0.25, 0.3) is 0 Å². The topological polar surface area (TPSA) is 57.0 Å². The van der Waals surface area contributed by atoms with Crippen molar-refractivity contribution in [3.8, 4) is 0 Å². The molecule has 4 aromatic heterocycles. The first kappa shape index (κ1) is 47.9. The van der Waals surface area contributed by atoms with Gasteiger partial charge in [0, 0.05) is 31.8 Å². The molecule has 5 rings (SSSR count). The van der Waals surface area contributed by atoms with Crippen LogP contribution in [0.3, 0.4) is 0 Å². The molecule has 0 aliphatic heterocycles.